The zero-order chi connectivity index (χ0) is 18.1. The fourth-order valence-electron chi connectivity index (χ4n) is 3.53. The van der Waals surface area contributed by atoms with Crippen LogP contribution < -0.4 is 10.6 Å². The maximum Gasteiger partial charge on any atom is 0.242 e. The number of aryl methyl sites for hydroxylation is 1. The molecule has 26 heavy (non-hydrogen) atoms. The summed E-state index contributed by atoms with van der Waals surface area (Å²) in [7, 11) is 0. The monoisotopic (exact) mass is 353 g/mol. The predicted molar refractivity (Wildman–Crippen MR) is 97.4 cm³/mol. The molecular formula is C20H20FN3O2. The Bertz CT molecular complexity index is 881. The van der Waals surface area contributed by atoms with E-state index < -0.39 is 5.82 Å². The molecule has 2 aliphatic rings. The number of benzene rings is 2. The lowest BCUT2D eigenvalue weighted by Crippen LogP contribution is -2.39. The molecule has 6 heteroatoms. The number of nitrogens with zero attached hydrogens (tertiary/aromatic N) is 1. The molecule has 0 bridgehead atoms. The van der Waals surface area contributed by atoms with Crippen LogP contribution in [0.4, 0.5) is 15.8 Å². The minimum atomic E-state index is -0.470. The summed E-state index contributed by atoms with van der Waals surface area (Å²) in [5, 5.41) is 5.59. The molecule has 0 saturated heterocycles. The highest BCUT2D eigenvalue weighted by molar-refractivity contribution is 5.94. The Balaban J connectivity index is 1.41. The van der Waals surface area contributed by atoms with Gasteiger partial charge in [0.25, 0.3) is 0 Å². The first-order chi connectivity index (χ1) is 12.6. The molecule has 0 aliphatic carbocycles. The Morgan fingerprint density at radius 1 is 1.12 bits per heavy atom. The largest absolute Gasteiger partial charge is 0.374 e. The minimum absolute atomic E-state index is 0.0459. The summed E-state index contributed by atoms with van der Waals surface area (Å²) < 4.78 is 14.3. The molecule has 2 N–H and O–H groups in total. The standard InChI is InChI=1S/C20H20FN3O2/c21-16-10-17-14(5-6-19(25)23-17)9-18(16)22-11-20(26)24-8-7-13-3-1-2-4-15(13)12-24/h1-4,9-10,22H,5-8,11-12H2,(H,23,25). The number of carbonyl (C=O) groups is 2. The summed E-state index contributed by atoms with van der Waals surface area (Å²) in [6, 6.07) is 11.1. The quantitative estimate of drug-likeness (QED) is 0.892. The summed E-state index contributed by atoms with van der Waals surface area (Å²) in [6.07, 6.45) is 1.81. The molecule has 4 rings (SSSR count). The summed E-state index contributed by atoms with van der Waals surface area (Å²) >= 11 is 0. The van der Waals surface area contributed by atoms with E-state index in [1.165, 1.54) is 17.2 Å². The van der Waals surface area contributed by atoms with Gasteiger partial charge in [0.1, 0.15) is 5.82 Å². The van der Waals surface area contributed by atoms with Gasteiger partial charge in [-0.15, -0.1) is 0 Å². The number of nitrogens with one attached hydrogen (secondary N) is 2. The number of amides is 2. The Morgan fingerprint density at radius 3 is 2.77 bits per heavy atom. The van der Waals surface area contributed by atoms with Crippen LogP contribution in [0.1, 0.15) is 23.1 Å². The normalized spacial score (nSPS) is 15.7. The smallest absolute Gasteiger partial charge is 0.242 e. The molecule has 0 aromatic heterocycles. The van der Waals surface area contributed by atoms with Crippen molar-refractivity contribution < 1.29 is 14.0 Å². The highest BCUT2D eigenvalue weighted by Crippen LogP contribution is 2.28. The van der Waals surface area contributed by atoms with E-state index in [0.717, 1.165) is 12.0 Å². The van der Waals surface area contributed by atoms with E-state index in [-0.39, 0.29) is 18.4 Å². The number of hydrogen-bond donors (Lipinski definition) is 2. The molecule has 0 unspecified atom stereocenters. The van der Waals surface area contributed by atoms with Crippen molar-refractivity contribution in [3.8, 4) is 0 Å². The van der Waals surface area contributed by atoms with Crippen LogP contribution in [0.5, 0.6) is 0 Å². The molecule has 2 amide bonds. The summed E-state index contributed by atoms with van der Waals surface area (Å²) in [5.41, 5.74) is 4.15. The highest BCUT2D eigenvalue weighted by Gasteiger charge is 2.21. The molecule has 134 valence electrons. The molecule has 0 spiro atoms. The van der Waals surface area contributed by atoms with E-state index in [2.05, 4.69) is 16.7 Å². The van der Waals surface area contributed by atoms with Gasteiger partial charge in [-0.05, 0) is 41.7 Å². The van der Waals surface area contributed by atoms with Crippen LogP contribution in [0.25, 0.3) is 0 Å². The Labute approximate surface area is 151 Å². The van der Waals surface area contributed by atoms with Crippen molar-refractivity contribution in [3.05, 3.63) is 58.9 Å². The average Bonchev–Trinajstić information content (AvgIpc) is 2.65. The molecule has 2 aromatic rings. The molecular weight excluding hydrogens is 333 g/mol. The lowest BCUT2D eigenvalue weighted by atomic mass is 10.00. The van der Waals surface area contributed by atoms with E-state index >= 15 is 0 Å². The first-order valence-corrected chi connectivity index (χ1v) is 8.81. The van der Waals surface area contributed by atoms with Gasteiger partial charge < -0.3 is 15.5 Å². The van der Waals surface area contributed by atoms with E-state index in [4.69, 9.17) is 0 Å². The van der Waals surface area contributed by atoms with Gasteiger partial charge >= 0.3 is 0 Å². The number of carbonyl (C=O) groups excluding carboxylic acids is 2. The van der Waals surface area contributed by atoms with Gasteiger partial charge in [0.2, 0.25) is 11.8 Å². The van der Waals surface area contributed by atoms with Crippen molar-refractivity contribution in [1.82, 2.24) is 4.90 Å². The second kappa shape index (κ2) is 6.78. The zero-order valence-corrected chi connectivity index (χ0v) is 14.3. The van der Waals surface area contributed by atoms with Crippen LogP contribution in [0.2, 0.25) is 0 Å². The second-order valence-electron chi connectivity index (χ2n) is 6.72. The number of hydrogen-bond acceptors (Lipinski definition) is 3. The first-order valence-electron chi connectivity index (χ1n) is 8.81. The van der Waals surface area contributed by atoms with Crippen LogP contribution in [-0.2, 0) is 29.0 Å². The molecule has 2 aliphatic heterocycles. The molecule has 0 fully saturated rings. The van der Waals surface area contributed by atoms with Gasteiger partial charge in [0.15, 0.2) is 0 Å². The molecule has 2 heterocycles. The van der Waals surface area contributed by atoms with Crippen LogP contribution >= 0.6 is 0 Å². The molecule has 5 nitrogen and oxygen atoms in total. The Kier molecular flexibility index (Phi) is 4.32. The lowest BCUT2D eigenvalue weighted by molar-refractivity contribution is -0.130. The van der Waals surface area contributed by atoms with Gasteiger partial charge in [0.05, 0.1) is 12.2 Å². The number of fused-ring (bicyclic) bond motifs is 2. The van der Waals surface area contributed by atoms with Gasteiger partial charge in [-0.1, -0.05) is 24.3 Å². The maximum atomic E-state index is 14.3. The fraction of sp³-hybridized carbons (Fsp3) is 0.300. The average molecular weight is 353 g/mol. The van der Waals surface area contributed by atoms with Crippen molar-refractivity contribution in [2.24, 2.45) is 0 Å². The molecule has 0 radical (unpaired) electrons. The SMILES string of the molecule is O=C1CCc2cc(NCC(=O)N3CCc4ccccc4C3)c(F)cc2N1. The van der Waals surface area contributed by atoms with Crippen LogP contribution in [0.15, 0.2) is 36.4 Å². The Hall–Kier alpha value is -2.89. The third kappa shape index (κ3) is 3.27. The van der Waals surface area contributed by atoms with Gasteiger partial charge in [-0.3, -0.25) is 9.59 Å². The van der Waals surface area contributed by atoms with E-state index in [9.17, 15) is 14.0 Å². The summed E-state index contributed by atoms with van der Waals surface area (Å²) in [6.45, 7) is 1.32. The molecule has 0 saturated carbocycles. The number of rotatable bonds is 3. The minimum Gasteiger partial charge on any atom is -0.374 e. The second-order valence-corrected chi connectivity index (χ2v) is 6.72. The van der Waals surface area contributed by atoms with Crippen molar-refractivity contribution >= 4 is 23.2 Å². The maximum absolute atomic E-state index is 14.3. The summed E-state index contributed by atoms with van der Waals surface area (Å²) in [4.78, 5) is 25.7. The lowest BCUT2D eigenvalue weighted by Gasteiger charge is -2.29. The number of anilines is 2. The van der Waals surface area contributed by atoms with Gasteiger partial charge in [-0.25, -0.2) is 4.39 Å². The van der Waals surface area contributed by atoms with Crippen molar-refractivity contribution in [3.63, 3.8) is 0 Å². The summed E-state index contributed by atoms with van der Waals surface area (Å²) in [5.74, 6) is -0.620. The van der Waals surface area contributed by atoms with E-state index in [1.807, 2.05) is 18.2 Å². The number of halogens is 1. The topological polar surface area (TPSA) is 61.4 Å². The van der Waals surface area contributed by atoms with Crippen molar-refractivity contribution in [2.75, 3.05) is 23.7 Å². The Morgan fingerprint density at radius 2 is 1.92 bits per heavy atom. The van der Waals surface area contributed by atoms with E-state index in [0.29, 0.717) is 37.3 Å². The van der Waals surface area contributed by atoms with Crippen LogP contribution in [-0.4, -0.2) is 29.8 Å². The molecule has 2 aromatic carbocycles. The highest BCUT2D eigenvalue weighted by atomic mass is 19.1. The van der Waals surface area contributed by atoms with Crippen LogP contribution in [0.3, 0.4) is 0 Å². The van der Waals surface area contributed by atoms with E-state index in [1.54, 1.807) is 11.0 Å². The van der Waals surface area contributed by atoms with Gasteiger partial charge in [-0.2, -0.15) is 0 Å². The van der Waals surface area contributed by atoms with Crippen LogP contribution in [0, 0.1) is 5.82 Å². The fourth-order valence-corrected chi connectivity index (χ4v) is 3.53. The third-order valence-corrected chi connectivity index (χ3v) is 5.00. The van der Waals surface area contributed by atoms with Crippen molar-refractivity contribution in [2.45, 2.75) is 25.8 Å². The van der Waals surface area contributed by atoms with Crippen molar-refractivity contribution in [1.29, 1.82) is 0 Å². The van der Waals surface area contributed by atoms with Gasteiger partial charge in [0, 0.05) is 25.2 Å². The third-order valence-electron chi connectivity index (χ3n) is 5.00. The predicted octanol–water partition coefficient (Wildman–Crippen LogP) is 2.71. The zero-order valence-electron chi connectivity index (χ0n) is 14.3. The first kappa shape index (κ1) is 16.6. The molecule has 0 atom stereocenters.